The molecule has 1 aromatic carbocycles. The summed E-state index contributed by atoms with van der Waals surface area (Å²) in [5.41, 5.74) is 0.841. The van der Waals surface area contributed by atoms with Crippen LogP contribution < -0.4 is 0 Å². The molecule has 2 nitrogen and oxygen atoms in total. The molecule has 1 saturated heterocycles. The molecule has 18 heavy (non-hydrogen) atoms. The Bertz CT molecular complexity index is 461. The van der Waals surface area contributed by atoms with Crippen LogP contribution in [0.15, 0.2) is 24.3 Å². The molecule has 1 amide bonds. The van der Waals surface area contributed by atoms with E-state index < -0.39 is 0 Å². The van der Waals surface area contributed by atoms with Crippen LogP contribution in [0.5, 0.6) is 0 Å². The van der Waals surface area contributed by atoms with Crippen LogP contribution >= 0.6 is 11.6 Å². The molecule has 1 heterocycles. The van der Waals surface area contributed by atoms with E-state index in [0.29, 0.717) is 5.91 Å². The molecule has 3 rings (SSSR count). The van der Waals surface area contributed by atoms with Crippen LogP contribution in [0.25, 0.3) is 0 Å². The largest absolute Gasteiger partial charge is 0.342 e. The van der Waals surface area contributed by atoms with E-state index in [1.807, 2.05) is 23.1 Å². The normalized spacial score (nSPS) is 21.7. The van der Waals surface area contributed by atoms with Crippen molar-refractivity contribution in [3.63, 3.8) is 0 Å². The van der Waals surface area contributed by atoms with Gasteiger partial charge >= 0.3 is 0 Å². The summed E-state index contributed by atoms with van der Waals surface area (Å²) < 4.78 is 0. The number of benzene rings is 1. The minimum absolute atomic E-state index is 0.269. The Balaban J connectivity index is 1.92. The highest BCUT2D eigenvalue weighted by Crippen LogP contribution is 2.46. The third-order valence-electron chi connectivity index (χ3n) is 4.39. The molecule has 0 spiro atoms. The number of halogens is 1. The fourth-order valence-electron chi connectivity index (χ4n) is 3.17. The van der Waals surface area contributed by atoms with Crippen molar-refractivity contribution in [1.29, 1.82) is 0 Å². The van der Waals surface area contributed by atoms with Crippen molar-refractivity contribution >= 4 is 17.5 Å². The van der Waals surface area contributed by atoms with E-state index in [0.717, 1.165) is 55.8 Å². The molecular weight excluding hydrogens is 246 g/mol. The van der Waals surface area contributed by atoms with Gasteiger partial charge in [0.2, 0.25) is 5.91 Å². The third kappa shape index (κ3) is 1.83. The molecule has 0 bridgehead atoms. The fourth-order valence-corrected chi connectivity index (χ4v) is 3.36. The van der Waals surface area contributed by atoms with Gasteiger partial charge in [0.05, 0.1) is 5.41 Å². The maximum absolute atomic E-state index is 12.7. The van der Waals surface area contributed by atoms with Crippen LogP contribution in [-0.2, 0) is 10.2 Å². The number of carbonyl (C=O) groups is 1. The van der Waals surface area contributed by atoms with Crippen LogP contribution in [0.3, 0.4) is 0 Å². The van der Waals surface area contributed by atoms with E-state index in [-0.39, 0.29) is 5.41 Å². The zero-order valence-corrected chi connectivity index (χ0v) is 11.2. The van der Waals surface area contributed by atoms with Crippen molar-refractivity contribution in [3.05, 3.63) is 34.9 Å². The van der Waals surface area contributed by atoms with E-state index in [1.165, 1.54) is 0 Å². The molecule has 1 aliphatic carbocycles. The van der Waals surface area contributed by atoms with Gasteiger partial charge in [-0.25, -0.2) is 0 Å². The number of amides is 1. The maximum atomic E-state index is 12.7. The van der Waals surface area contributed by atoms with Gasteiger partial charge in [-0.15, -0.1) is 0 Å². The van der Waals surface area contributed by atoms with Crippen molar-refractivity contribution in [2.75, 3.05) is 13.1 Å². The second-order valence-corrected chi connectivity index (χ2v) is 5.88. The molecule has 3 heteroatoms. The molecular formula is C15H18ClNO. The molecule has 1 aliphatic heterocycles. The Labute approximate surface area is 113 Å². The van der Waals surface area contributed by atoms with Crippen LogP contribution in [0.2, 0.25) is 5.02 Å². The summed E-state index contributed by atoms with van der Waals surface area (Å²) in [5.74, 6) is 0.327. The van der Waals surface area contributed by atoms with Gasteiger partial charge in [-0.05, 0) is 43.4 Å². The summed E-state index contributed by atoms with van der Waals surface area (Å²) in [6.07, 6.45) is 5.40. The lowest BCUT2D eigenvalue weighted by Crippen LogP contribution is -2.50. The fraction of sp³-hybridized carbons (Fsp3) is 0.533. The first-order chi connectivity index (χ1) is 8.72. The summed E-state index contributed by atoms with van der Waals surface area (Å²) >= 11 is 6.07. The first-order valence-corrected chi connectivity index (χ1v) is 7.16. The molecule has 2 fully saturated rings. The molecule has 96 valence electrons. The monoisotopic (exact) mass is 263 g/mol. The second-order valence-electron chi connectivity index (χ2n) is 5.45. The first kappa shape index (κ1) is 12.0. The Hall–Kier alpha value is -1.02. The van der Waals surface area contributed by atoms with Crippen LogP contribution in [-0.4, -0.2) is 23.9 Å². The van der Waals surface area contributed by atoms with Crippen molar-refractivity contribution in [2.24, 2.45) is 0 Å². The van der Waals surface area contributed by atoms with E-state index in [9.17, 15) is 4.79 Å². The van der Waals surface area contributed by atoms with Gasteiger partial charge in [-0.2, -0.15) is 0 Å². The molecule has 0 atom stereocenters. The van der Waals surface area contributed by atoms with E-state index in [1.54, 1.807) is 0 Å². The van der Waals surface area contributed by atoms with Gasteiger partial charge in [-0.3, -0.25) is 4.79 Å². The molecule has 0 aromatic heterocycles. The topological polar surface area (TPSA) is 20.3 Å². The highest BCUT2D eigenvalue weighted by molar-refractivity contribution is 6.30. The smallest absolute Gasteiger partial charge is 0.233 e. The molecule has 1 aromatic rings. The van der Waals surface area contributed by atoms with E-state index >= 15 is 0 Å². The Morgan fingerprint density at radius 2 is 1.89 bits per heavy atom. The quantitative estimate of drug-likeness (QED) is 0.801. The Morgan fingerprint density at radius 3 is 2.44 bits per heavy atom. The van der Waals surface area contributed by atoms with Gasteiger partial charge in [-0.1, -0.05) is 30.2 Å². The SMILES string of the molecule is O=C(N1CCCC1)C1(c2cccc(Cl)c2)CCC1. The lowest BCUT2D eigenvalue weighted by Gasteiger charge is -2.43. The maximum Gasteiger partial charge on any atom is 0.233 e. The van der Waals surface area contributed by atoms with Gasteiger partial charge in [0, 0.05) is 18.1 Å². The Morgan fingerprint density at radius 1 is 1.17 bits per heavy atom. The molecule has 2 aliphatic rings. The van der Waals surface area contributed by atoms with Crippen molar-refractivity contribution in [3.8, 4) is 0 Å². The van der Waals surface area contributed by atoms with Gasteiger partial charge in [0.25, 0.3) is 0 Å². The lowest BCUT2D eigenvalue weighted by atomic mass is 9.63. The first-order valence-electron chi connectivity index (χ1n) is 6.78. The third-order valence-corrected chi connectivity index (χ3v) is 4.62. The minimum atomic E-state index is -0.269. The Kier molecular flexibility index (Phi) is 3.06. The van der Waals surface area contributed by atoms with E-state index in [4.69, 9.17) is 11.6 Å². The van der Waals surface area contributed by atoms with Gasteiger partial charge in [0.15, 0.2) is 0 Å². The van der Waals surface area contributed by atoms with Crippen LogP contribution in [0.4, 0.5) is 0 Å². The number of carbonyl (C=O) groups excluding carboxylic acids is 1. The molecule has 0 N–H and O–H groups in total. The van der Waals surface area contributed by atoms with Crippen LogP contribution in [0.1, 0.15) is 37.7 Å². The van der Waals surface area contributed by atoms with Gasteiger partial charge < -0.3 is 4.90 Å². The number of hydrogen-bond donors (Lipinski definition) is 0. The predicted octanol–water partition coefficient (Wildman–Crippen LogP) is 3.38. The minimum Gasteiger partial charge on any atom is -0.342 e. The van der Waals surface area contributed by atoms with Gasteiger partial charge in [0.1, 0.15) is 0 Å². The molecule has 0 unspecified atom stereocenters. The highest BCUT2D eigenvalue weighted by atomic mass is 35.5. The predicted molar refractivity (Wildman–Crippen MR) is 72.8 cm³/mol. The summed E-state index contributed by atoms with van der Waals surface area (Å²) in [7, 11) is 0. The summed E-state index contributed by atoms with van der Waals surface area (Å²) in [6, 6.07) is 7.85. The zero-order valence-electron chi connectivity index (χ0n) is 10.5. The average molecular weight is 264 g/mol. The number of hydrogen-bond acceptors (Lipinski definition) is 1. The summed E-state index contributed by atoms with van der Waals surface area (Å²) in [4.78, 5) is 14.8. The van der Waals surface area contributed by atoms with Crippen LogP contribution in [0, 0.1) is 0 Å². The molecule has 1 saturated carbocycles. The lowest BCUT2D eigenvalue weighted by molar-refractivity contribution is -0.139. The number of nitrogens with zero attached hydrogens (tertiary/aromatic N) is 1. The number of likely N-dealkylation sites (tertiary alicyclic amines) is 1. The summed E-state index contributed by atoms with van der Waals surface area (Å²) in [6.45, 7) is 1.86. The second kappa shape index (κ2) is 4.58. The van der Waals surface area contributed by atoms with Crippen molar-refractivity contribution in [2.45, 2.75) is 37.5 Å². The highest BCUT2D eigenvalue weighted by Gasteiger charge is 2.47. The summed E-state index contributed by atoms with van der Waals surface area (Å²) in [5, 5.41) is 0.730. The van der Waals surface area contributed by atoms with Crippen molar-refractivity contribution in [1.82, 2.24) is 4.90 Å². The van der Waals surface area contributed by atoms with Crippen molar-refractivity contribution < 1.29 is 4.79 Å². The number of rotatable bonds is 2. The molecule has 0 radical (unpaired) electrons. The average Bonchev–Trinajstić information content (AvgIpc) is 2.80. The standard InChI is InChI=1S/C15H18ClNO/c16-13-6-3-5-12(11-13)15(7-4-8-15)14(18)17-9-1-2-10-17/h3,5-6,11H,1-2,4,7-10H2. The van der Waals surface area contributed by atoms with E-state index in [2.05, 4.69) is 6.07 Å². The zero-order chi connectivity index (χ0) is 12.6.